The van der Waals surface area contributed by atoms with Gasteiger partial charge in [-0.2, -0.15) is 0 Å². The quantitative estimate of drug-likeness (QED) is 0.762. The van der Waals surface area contributed by atoms with Gasteiger partial charge >= 0.3 is 0 Å². The highest BCUT2D eigenvalue weighted by atomic mass is 19.1. The number of aliphatic hydroxyl groups excluding tert-OH is 1. The number of hydrogen-bond acceptors (Lipinski definition) is 3. The number of hydrogen-bond donors (Lipinski definition) is 2. The summed E-state index contributed by atoms with van der Waals surface area (Å²) in [5.74, 6) is -0.261. The maximum absolute atomic E-state index is 12.7. The third kappa shape index (κ3) is 2.34. The second-order valence-electron chi connectivity index (χ2n) is 3.59. The molecular formula is C11H14FNO2. The summed E-state index contributed by atoms with van der Waals surface area (Å²) in [4.78, 5) is 0. The van der Waals surface area contributed by atoms with Crippen molar-refractivity contribution >= 4 is 0 Å². The first-order valence-corrected chi connectivity index (χ1v) is 5.02. The van der Waals surface area contributed by atoms with Gasteiger partial charge in [0.15, 0.2) is 0 Å². The Kier molecular flexibility index (Phi) is 3.30. The number of benzene rings is 1. The standard InChI is InChI=1S/C11H14FNO2/c12-9-3-1-8(2-4-9)11-10(7-14)13-5-6-15-11/h1-4,10-11,13-14H,5-7H2/t10-,11-/m0/s1. The van der Waals surface area contributed by atoms with E-state index in [0.29, 0.717) is 6.61 Å². The fourth-order valence-electron chi connectivity index (χ4n) is 1.79. The maximum Gasteiger partial charge on any atom is 0.123 e. The van der Waals surface area contributed by atoms with Gasteiger partial charge in [-0.15, -0.1) is 0 Å². The lowest BCUT2D eigenvalue weighted by Gasteiger charge is -2.31. The SMILES string of the molecule is OC[C@@H]1NCCO[C@H]1c1ccc(F)cc1. The van der Waals surface area contributed by atoms with Crippen molar-refractivity contribution in [3.8, 4) is 0 Å². The van der Waals surface area contributed by atoms with Crippen LogP contribution in [0.3, 0.4) is 0 Å². The van der Waals surface area contributed by atoms with Gasteiger partial charge in [0.2, 0.25) is 0 Å². The van der Waals surface area contributed by atoms with E-state index in [2.05, 4.69) is 5.32 Å². The summed E-state index contributed by atoms with van der Waals surface area (Å²) >= 11 is 0. The van der Waals surface area contributed by atoms with Crippen molar-refractivity contribution in [2.75, 3.05) is 19.8 Å². The highest BCUT2D eigenvalue weighted by Gasteiger charge is 2.26. The van der Waals surface area contributed by atoms with Crippen LogP contribution >= 0.6 is 0 Å². The van der Waals surface area contributed by atoms with Crippen LogP contribution in [-0.2, 0) is 4.74 Å². The third-order valence-corrected chi connectivity index (χ3v) is 2.57. The van der Waals surface area contributed by atoms with Gasteiger partial charge in [-0.3, -0.25) is 0 Å². The van der Waals surface area contributed by atoms with Crippen molar-refractivity contribution in [1.82, 2.24) is 5.32 Å². The summed E-state index contributed by atoms with van der Waals surface area (Å²) in [6, 6.07) is 6.08. The molecule has 0 amide bonds. The van der Waals surface area contributed by atoms with Crippen molar-refractivity contribution in [3.05, 3.63) is 35.6 Å². The lowest BCUT2D eigenvalue weighted by Crippen LogP contribution is -2.45. The number of halogens is 1. The maximum atomic E-state index is 12.7. The van der Waals surface area contributed by atoms with Crippen LogP contribution in [0.1, 0.15) is 11.7 Å². The molecule has 1 saturated heterocycles. The molecule has 0 aliphatic carbocycles. The van der Waals surface area contributed by atoms with Gasteiger partial charge in [0.25, 0.3) is 0 Å². The Morgan fingerprint density at radius 3 is 2.80 bits per heavy atom. The fraction of sp³-hybridized carbons (Fsp3) is 0.455. The van der Waals surface area contributed by atoms with Crippen LogP contribution in [0.4, 0.5) is 4.39 Å². The lowest BCUT2D eigenvalue weighted by atomic mass is 10.0. The Labute approximate surface area is 87.9 Å². The predicted molar refractivity (Wildman–Crippen MR) is 54.0 cm³/mol. The van der Waals surface area contributed by atoms with Gasteiger partial charge in [-0.1, -0.05) is 12.1 Å². The topological polar surface area (TPSA) is 41.5 Å². The van der Waals surface area contributed by atoms with Crippen molar-refractivity contribution in [3.63, 3.8) is 0 Å². The molecule has 2 rings (SSSR count). The van der Waals surface area contributed by atoms with E-state index in [1.807, 2.05) is 0 Å². The Balaban J connectivity index is 2.16. The second kappa shape index (κ2) is 4.70. The first kappa shape index (κ1) is 10.5. The normalized spacial score (nSPS) is 26.5. The van der Waals surface area contributed by atoms with E-state index in [0.717, 1.165) is 12.1 Å². The molecule has 15 heavy (non-hydrogen) atoms. The molecule has 1 aliphatic rings. The average Bonchev–Trinajstić information content (AvgIpc) is 2.30. The van der Waals surface area contributed by atoms with Crippen LogP contribution in [0, 0.1) is 5.82 Å². The molecule has 2 atom stereocenters. The molecule has 2 N–H and O–H groups in total. The Bertz CT molecular complexity index is 315. The van der Waals surface area contributed by atoms with Gasteiger partial charge in [0.05, 0.1) is 19.3 Å². The number of morpholine rings is 1. The van der Waals surface area contributed by atoms with Gasteiger partial charge in [0, 0.05) is 6.54 Å². The summed E-state index contributed by atoms with van der Waals surface area (Å²) in [7, 11) is 0. The van der Waals surface area contributed by atoms with E-state index < -0.39 is 0 Å². The summed E-state index contributed by atoms with van der Waals surface area (Å²) < 4.78 is 18.3. The summed E-state index contributed by atoms with van der Waals surface area (Å²) in [5.41, 5.74) is 0.891. The predicted octanol–water partition coefficient (Wildman–Crippen LogP) is 0.847. The zero-order chi connectivity index (χ0) is 10.7. The van der Waals surface area contributed by atoms with Crippen molar-refractivity contribution in [2.24, 2.45) is 0 Å². The van der Waals surface area contributed by atoms with E-state index in [9.17, 15) is 4.39 Å². The summed E-state index contributed by atoms with van der Waals surface area (Å²) in [6.07, 6.45) is -0.190. The Hall–Kier alpha value is -0.970. The monoisotopic (exact) mass is 211 g/mol. The molecule has 0 bridgehead atoms. The summed E-state index contributed by atoms with van der Waals surface area (Å²) in [5, 5.41) is 12.3. The molecule has 3 nitrogen and oxygen atoms in total. The molecule has 0 unspecified atom stereocenters. The van der Waals surface area contributed by atoms with E-state index >= 15 is 0 Å². The van der Waals surface area contributed by atoms with Gasteiger partial charge in [0.1, 0.15) is 11.9 Å². The third-order valence-electron chi connectivity index (χ3n) is 2.57. The zero-order valence-electron chi connectivity index (χ0n) is 8.32. The molecule has 0 radical (unpaired) electrons. The smallest absolute Gasteiger partial charge is 0.123 e. The molecule has 1 aromatic carbocycles. The molecule has 0 spiro atoms. The number of aliphatic hydroxyl groups is 1. The van der Waals surface area contributed by atoms with Gasteiger partial charge < -0.3 is 15.2 Å². The second-order valence-corrected chi connectivity index (χ2v) is 3.59. The molecule has 1 heterocycles. The van der Waals surface area contributed by atoms with Crippen LogP contribution in [0.15, 0.2) is 24.3 Å². The first-order chi connectivity index (χ1) is 7.31. The molecular weight excluding hydrogens is 197 g/mol. The van der Waals surface area contributed by atoms with Crippen molar-refractivity contribution in [1.29, 1.82) is 0 Å². The molecule has 82 valence electrons. The highest BCUT2D eigenvalue weighted by Crippen LogP contribution is 2.23. The summed E-state index contributed by atoms with van der Waals surface area (Å²) in [6.45, 7) is 1.36. The van der Waals surface area contributed by atoms with Crippen LogP contribution in [0.2, 0.25) is 0 Å². The van der Waals surface area contributed by atoms with Crippen LogP contribution in [0.5, 0.6) is 0 Å². The molecule has 0 saturated carbocycles. The van der Waals surface area contributed by atoms with E-state index in [4.69, 9.17) is 9.84 Å². The number of ether oxygens (including phenoxy) is 1. The number of rotatable bonds is 2. The van der Waals surface area contributed by atoms with E-state index in [1.54, 1.807) is 12.1 Å². The molecule has 0 aromatic heterocycles. The molecule has 4 heteroatoms. The largest absolute Gasteiger partial charge is 0.395 e. The lowest BCUT2D eigenvalue weighted by molar-refractivity contribution is -0.0210. The van der Waals surface area contributed by atoms with Crippen LogP contribution in [0.25, 0.3) is 0 Å². The van der Waals surface area contributed by atoms with Crippen molar-refractivity contribution in [2.45, 2.75) is 12.1 Å². The minimum Gasteiger partial charge on any atom is -0.395 e. The van der Waals surface area contributed by atoms with Gasteiger partial charge in [-0.25, -0.2) is 4.39 Å². The van der Waals surface area contributed by atoms with Crippen LogP contribution in [-0.4, -0.2) is 30.9 Å². The number of nitrogens with one attached hydrogen (secondary N) is 1. The van der Waals surface area contributed by atoms with Crippen molar-refractivity contribution < 1.29 is 14.2 Å². The molecule has 1 fully saturated rings. The highest BCUT2D eigenvalue weighted by molar-refractivity contribution is 5.20. The first-order valence-electron chi connectivity index (χ1n) is 5.02. The molecule has 1 aromatic rings. The van der Waals surface area contributed by atoms with Gasteiger partial charge in [-0.05, 0) is 17.7 Å². The minimum absolute atomic E-state index is 0.0159. The average molecular weight is 211 g/mol. The minimum atomic E-state index is -0.261. The molecule has 1 aliphatic heterocycles. The van der Waals surface area contributed by atoms with Crippen LogP contribution < -0.4 is 5.32 Å². The van der Waals surface area contributed by atoms with E-state index in [-0.39, 0.29) is 24.6 Å². The fourth-order valence-corrected chi connectivity index (χ4v) is 1.79. The Morgan fingerprint density at radius 2 is 2.13 bits per heavy atom. The Morgan fingerprint density at radius 1 is 1.40 bits per heavy atom. The van der Waals surface area contributed by atoms with E-state index in [1.165, 1.54) is 12.1 Å². The zero-order valence-corrected chi connectivity index (χ0v) is 8.32.